The Morgan fingerprint density at radius 1 is 1.43 bits per heavy atom. The van der Waals surface area contributed by atoms with E-state index in [9.17, 15) is 12.9 Å². The number of aryl methyl sites for hydroxylation is 1. The summed E-state index contributed by atoms with van der Waals surface area (Å²) in [5.41, 5.74) is 0. The third-order valence-electron chi connectivity index (χ3n) is 1.68. The molecule has 14 heavy (non-hydrogen) atoms. The summed E-state index contributed by atoms with van der Waals surface area (Å²) in [7, 11) is 0. The Morgan fingerprint density at radius 2 is 2.07 bits per heavy atom. The summed E-state index contributed by atoms with van der Waals surface area (Å²) in [6.45, 7) is -2.85. The molecule has 0 aromatic carbocycles. The van der Waals surface area contributed by atoms with Gasteiger partial charge in [0.15, 0.2) is 0 Å². The van der Waals surface area contributed by atoms with E-state index in [1.807, 2.05) is 6.92 Å². The van der Waals surface area contributed by atoms with Crippen molar-refractivity contribution in [2.24, 2.45) is 0 Å². The van der Waals surface area contributed by atoms with Gasteiger partial charge in [-0.3, -0.25) is 0 Å². The summed E-state index contributed by atoms with van der Waals surface area (Å²) in [6, 6.07) is 0. The number of imidazole rings is 1. The van der Waals surface area contributed by atoms with E-state index in [0.717, 1.165) is 6.42 Å². The molecule has 0 saturated heterocycles. The van der Waals surface area contributed by atoms with Crippen molar-refractivity contribution in [3.63, 3.8) is 0 Å². The molecule has 0 amide bonds. The van der Waals surface area contributed by atoms with Crippen molar-refractivity contribution in [2.75, 3.05) is 0 Å². The normalized spacial score (nSPS) is 11.1. The summed E-state index contributed by atoms with van der Waals surface area (Å²) < 4.78 is 37.3. The number of nitrogens with zero attached hydrogens (tertiary/aromatic N) is 2. The molecule has 0 saturated carbocycles. The molecule has 0 aliphatic heterocycles. The molecule has 1 aromatic rings. The van der Waals surface area contributed by atoms with Gasteiger partial charge in [0.2, 0.25) is 0 Å². The Hall–Kier alpha value is 0.701. The van der Waals surface area contributed by atoms with Gasteiger partial charge in [0.25, 0.3) is 0 Å². The molecule has 0 N–H and O–H groups in total. The van der Waals surface area contributed by atoms with Crippen molar-refractivity contribution >= 4 is 6.98 Å². The molecule has 0 radical (unpaired) electrons. The van der Waals surface area contributed by atoms with Crippen LogP contribution < -0.4 is 51.4 Å². The molecule has 0 fully saturated rings. The predicted octanol–water partition coefficient (Wildman–Crippen LogP) is -0.774. The number of hydrogen-bond donors (Lipinski definition) is 0. The third-order valence-corrected chi connectivity index (χ3v) is 1.68. The van der Waals surface area contributed by atoms with Crippen LogP contribution in [0.4, 0.5) is 12.9 Å². The molecule has 74 valence electrons. The Balaban J connectivity index is 0.00000169. The third kappa shape index (κ3) is 4.97. The van der Waals surface area contributed by atoms with E-state index < -0.39 is 13.4 Å². The van der Waals surface area contributed by atoms with Crippen LogP contribution in [-0.2, 0) is 12.9 Å². The number of rotatable bonds is 4. The minimum Gasteiger partial charge on any atom is -0.448 e. The second-order valence-electron chi connectivity index (χ2n) is 2.96. The number of aromatic nitrogens is 2. The topological polar surface area (TPSA) is 17.8 Å². The molecular weight excluding hydrogens is 219 g/mol. The first-order chi connectivity index (χ1) is 6.03. The first kappa shape index (κ1) is 14.7. The van der Waals surface area contributed by atoms with Gasteiger partial charge in [-0.25, -0.2) is 4.98 Å². The Morgan fingerprint density at radius 3 is 2.57 bits per heavy atom. The maximum absolute atomic E-state index is 12.1. The summed E-state index contributed by atoms with van der Waals surface area (Å²) >= 11 is 0. The molecule has 7 heteroatoms. The standard InChI is InChI=1S/C7H11BF3N2.K/c1-2-3-7-12-4-5-13(7)6-8(9,10)11;/h4-5H,2-3,6H2,1H3;/q-1;+1. The van der Waals surface area contributed by atoms with Crippen molar-refractivity contribution < 1.29 is 64.3 Å². The van der Waals surface area contributed by atoms with Crippen molar-refractivity contribution in [2.45, 2.75) is 26.2 Å². The van der Waals surface area contributed by atoms with Crippen molar-refractivity contribution in [3.8, 4) is 0 Å². The van der Waals surface area contributed by atoms with Gasteiger partial charge < -0.3 is 17.5 Å². The molecule has 2 nitrogen and oxygen atoms in total. The fourth-order valence-electron chi connectivity index (χ4n) is 1.18. The second kappa shape index (κ2) is 6.32. The van der Waals surface area contributed by atoms with Crippen LogP contribution in [0.2, 0.25) is 0 Å². The SMILES string of the molecule is CCCc1nccn1C[B-](F)(F)F.[K+]. The molecule has 0 atom stereocenters. The predicted molar refractivity (Wildman–Crippen MR) is 45.3 cm³/mol. The van der Waals surface area contributed by atoms with E-state index in [0.29, 0.717) is 12.2 Å². The van der Waals surface area contributed by atoms with E-state index >= 15 is 0 Å². The van der Waals surface area contributed by atoms with Crippen LogP contribution in [0.25, 0.3) is 0 Å². The van der Waals surface area contributed by atoms with Gasteiger partial charge in [-0.05, 0) is 12.9 Å². The fraction of sp³-hybridized carbons (Fsp3) is 0.571. The monoisotopic (exact) mass is 230 g/mol. The van der Waals surface area contributed by atoms with Crippen molar-refractivity contribution in [1.29, 1.82) is 0 Å². The molecule has 1 rings (SSSR count). The first-order valence-corrected chi connectivity index (χ1v) is 4.24. The zero-order valence-electron chi connectivity index (χ0n) is 8.38. The second-order valence-corrected chi connectivity index (χ2v) is 2.96. The zero-order chi connectivity index (χ0) is 9.90. The Kier molecular flexibility index (Phi) is 6.64. The van der Waals surface area contributed by atoms with Crippen LogP contribution in [0.15, 0.2) is 12.4 Å². The molecule has 1 aromatic heterocycles. The quantitative estimate of drug-likeness (QED) is 0.621. The van der Waals surface area contributed by atoms with Crippen LogP contribution >= 0.6 is 0 Å². The van der Waals surface area contributed by atoms with Crippen molar-refractivity contribution in [3.05, 3.63) is 18.2 Å². The number of hydrogen-bond acceptors (Lipinski definition) is 1. The molecule has 1 heterocycles. The fourth-order valence-corrected chi connectivity index (χ4v) is 1.18. The minimum absolute atomic E-state index is 0. The molecule has 0 bridgehead atoms. The molecule has 0 aliphatic carbocycles. The Labute approximate surface area is 124 Å². The van der Waals surface area contributed by atoms with Gasteiger partial charge in [-0.1, -0.05) is 6.92 Å². The maximum atomic E-state index is 12.1. The molecular formula is C7H11BF3KN2. The van der Waals surface area contributed by atoms with Gasteiger partial charge in [0.1, 0.15) is 5.82 Å². The van der Waals surface area contributed by atoms with Gasteiger partial charge in [0, 0.05) is 18.8 Å². The molecule has 0 aliphatic rings. The van der Waals surface area contributed by atoms with Crippen molar-refractivity contribution in [1.82, 2.24) is 9.55 Å². The van der Waals surface area contributed by atoms with E-state index in [1.165, 1.54) is 17.0 Å². The first-order valence-electron chi connectivity index (χ1n) is 4.24. The average Bonchev–Trinajstić information content (AvgIpc) is 2.34. The van der Waals surface area contributed by atoms with Crippen LogP contribution in [0.1, 0.15) is 19.2 Å². The van der Waals surface area contributed by atoms with Crippen LogP contribution in [0.3, 0.4) is 0 Å². The average molecular weight is 230 g/mol. The summed E-state index contributed by atoms with van der Waals surface area (Å²) in [5.74, 6) is 0.515. The van der Waals surface area contributed by atoms with Gasteiger partial charge in [-0.15, -0.1) is 0 Å². The summed E-state index contributed by atoms with van der Waals surface area (Å²) in [4.78, 5) is 3.86. The Bertz CT molecular complexity index is 274. The molecule has 0 unspecified atom stereocenters. The van der Waals surface area contributed by atoms with Gasteiger partial charge >= 0.3 is 58.4 Å². The smallest absolute Gasteiger partial charge is 0.448 e. The molecule has 0 spiro atoms. The maximum Gasteiger partial charge on any atom is 1.00 e. The summed E-state index contributed by atoms with van der Waals surface area (Å²) in [6.07, 6.45) is 3.31. The van der Waals surface area contributed by atoms with E-state index in [4.69, 9.17) is 0 Å². The number of halogens is 3. The zero-order valence-corrected chi connectivity index (χ0v) is 11.5. The van der Waals surface area contributed by atoms with E-state index in [-0.39, 0.29) is 51.4 Å². The van der Waals surface area contributed by atoms with E-state index in [2.05, 4.69) is 4.98 Å². The van der Waals surface area contributed by atoms with Gasteiger partial charge in [-0.2, -0.15) is 0 Å². The van der Waals surface area contributed by atoms with Crippen LogP contribution in [0, 0.1) is 0 Å². The van der Waals surface area contributed by atoms with Crippen LogP contribution in [-0.4, -0.2) is 16.5 Å². The van der Waals surface area contributed by atoms with Gasteiger partial charge in [0.05, 0.1) is 0 Å². The minimum atomic E-state index is -4.76. The largest absolute Gasteiger partial charge is 1.00 e. The summed E-state index contributed by atoms with van der Waals surface area (Å²) in [5, 5.41) is 0. The van der Waals surface area contributed by atoms with Crippen LogP contribution in [0.5, 0.6) is 0 Å². The van der Waals surface area contributed by atoms with E-state index in [1.54, 1.807) is 0 Å².